The maximum atomic E-state index is 13.8. The molecule has 28 nitrogen and oxygen atoms in total. The first-order chi connectivity index (χ1) is 56.6. The highest BCUT2D eigenvalue weighted by atomic mass is 79.9. The maximum Gasteiger partial charge on any atom is 0.573 e. The third-order valence-electron chi connectivity index (χ3n) is 17.1. The lowest BCUT2D eigenvalue weighted by molar-refractivity contribution is -0.274. The Morgan fingerprint density at radius 1 is 0.487 bits per heavy atom. The van der Waals surface area contributed by atoms with Crippen molar-refractivity contribution in [2.45, 2.75) is 57.4 Å². The first-order valence-electron chi connectivity index (χ1n) is 34.5. The number of ether oxygens (including phenoxy) is 1. The second-order valence-electron chi connectivity index (χ2n) is 25.4. The lowest BCUT2D eigenvalue weighted by Crippen LogP contribution is -2.29. The number of aromatic nitrogens is 15. The van der Waals surface area contributed by atoms with Crippen LogP contribution in [0, 0.1) is 29.9 Å². The average Bonchev–Trinajstić information content (AvgIpc) is 1.71. The van der Waals surface area contributed by atoms with Gasteiger partial charge in [-0.05, 0) is 140 Å². The molecule has 0 amide bonds. The van der Waals surface area contributed by atoms with Crippen molar-refractivity contribution in [3.8, 4) is 56.8 Å². The van der Waals surface area contributed by atoms with Gasteiger partial charge < -0.3 is 9.84 Å². The Labute approximate surface area is 698 Å². The number of rotatable bonds is 19. The predicted octanol–water partition coefficient (Wildman–Crippen LogP) is 14.3. The van der Waals surface area contributed by atoms with E-state index in [0.29, 0.717) is 67.4 Å². The highest BCUT2D eigenvalue weighted by molar-refractivity contribution is 9.10. The topological polar surface area (TPSA) is 377 Å². The number of aliphatic hydroxyl groups is 1. The molecule has 0 bridgehead atoms. The fourth-order valence-electron chi connectivity index (χ4n) is 10.9. The summed E-state index contributed by atoms with van der Waals surface area (Å²) in [5.74, 6) is -2.50. The van der Waals surface area contributed by atoms with E-state index in [9.17, 15) is 69.1 Å². The quantitative estimate of drug-likeness (QED) is 0.0735. The molecule has 5 aromatic heterocycles. The van der Waals surface area contributed by atoms with Crippen molar-refractivity contribution >= 4 is 93.6 Å². The fourth-order valence-corrected chi connectivity index (χ4v) is 17.6. The average molecular weight is 1860 g/mol. The molecule has 119 heavy (non-hydrogen) atoms. The van der Waals surface area contributed by atoms with E-state index in [0.717, 1.165) is 90.1 Å². The molecule has 0 atom stereocenters. The van der Waals surface area contributed by atoms with Crippen LogP contribution in [0.25, 0.3) is 45.0 Å². The van der Waals surface area contributed by atoms with Gasteiger partial charge in [0.25, 0.3) is 50.1 Å². The largest absolute Gasteiger partial charge is 0.573 e. The Kier molecular flexibility index (Phi) is 26.3. The molecule has 608 valence electrons. The highest BCUT2D eigenvalue weighted by Crippen LogP contribution is 2.37. The molecule has 41 heteroatoms. The Morgan fingerprint density at radius 3 is 1.48 bits per heavy atom. The molecule has 1 N–H and O–H groups in total. The number of benzene rings is 10. The Hall–Kier alpha value is -12.2. The first-order valence-corrected chi connectivity index (χ1v) is 43.9. The molecule has 0 aliphatic heterocycles. The van der Waals surface area contributed by atoms with Gasteiger partial charge >= 0.3 is 6.36 Å². The monoisotopic (exact) mass is 1860 g/mol. The SMILES string of the molecule is Cc1ccc(S(=O)(=O)n2cc(C(O)(c3ccccc3)c3ccccc3)nn2)cc1.N#Cc1ccc(S(=O)(=O)n2cc(-c3ccccc3Br)nn2)cc1.O=S(=O)(C1CC1)n1cc(-c2cccc(Cl)c2)nn1.O=S(=O)(Cc1ccccc1)n1cc(-c2ccc(Br)cc2)nn1.O=S(=O)(c1ccc(OC(F)(F)F)cc1)n1cc(-c2ccc(F)cc2F)nn1. The van der Waals surface area contributed by atoms with Crippen LogP contribution in [0.1, 0.15) is 46.4 Å². The lowest BCUT2D eigenvalue weighted by Gasteiger charge is -2.27. The van der Waals surface area contributed by atoms with Crippen LogP contribution in [0.15, 0.2) is 309 Å². The minimum Gasteiger partial charge on any atom is -0.406 e. The number of aryl methyl sites for hydroxylation is 1. The lowest BCUT2D eigenvalue weighted by atomic mass is 9.84. The third-order valence-corrected chi connectivity index (χ3v) is 26.6. The van der Waals surface area contributed by atoms with E-state index < -0.39 is 84.4 Å². The Morgan fingerprint density at radius 2 is 0.950 bits per heavy atom. The van der Waals surface area contributed by atoms with Crippen LogP contribution in [0.3, 0.4) is 0 Å². The number of hydrogen-bond acceptors (Lipinski definition) is 23. The van der Waals surface area contributed by atoms with Crippen molar-refractivity contribution in [2.24, 2.45) is 0 Å². The first kappa shape index (κ1) is 86.1. The summed E-state index contributed by atoms with van der Waals surface area (Å²) in [4.78, 5) is -0.254. The minimum absolute atomic E-state index is 0.0417. The van der Waals surface area contributed by atoms with Crippen LogP contribution >= 0.6 is 43.5 Å². The zero-order valence-corrected chi connectivity index (χ0v) is 69.0. The summed E-state index contributed by atoms with van der Waals surface area (Å²) >= 11 is 12.6. The van der Waals surface area contributed by atoms with Gasteiger partial charge in [0.2, 0.25) is 0 Å². The van der Waals surface area contributed by atoms with E-state index >= 15 is 0 Å². The van der Waals surface area contributed by atoms with Gasteiger partial charge in [0.15, 0.2) is 5.60 Å². The van der Waals surface area contributed by atoms with Crippen molar-refractivity contribution in [1.29, 1.82) is 5.26 Å². The van der Waals surface area contributed by atoms with Crippen molar-refractivity contribution < 1.29 is 73.9 Å². The summed E-state index contributed by atoms with van der Waals surface area (Å²) in [6, 6.07) is 68.8. The van der Waals surface area contributed by atoms with Crippen molar-refractivity contribution in [3.05, 3.63) is 345 Å². The summed E-state index contributed by atoms with van der Waals surface area (Å²) in [5, 5.41) is 58.4. The van der Waals surface area contributed by atoms with Gasteiger partial charge in [-0.25, -0.2) is 25.6 Å². The summed E-state index contributed by atoms with van der Waals surface area (Å²) in [6.07, 6.45) is 2.86. The van der Waals surface area contributed by atoms with E-state index in [4.69, 9.17) is 16.9 Å². The molecule has 10 aromatic carbocycles. The van der Waals surface area contributed by atoms with Crippen LogP contribution in [-0.4, -0.2) is 131 Å². The zero-order chi connectivity index (χ0) is 85.1. The molecule has 16 rings (SSSR count). The van der Waals surface area contributed by atoms with Crippen LogP contribution in [-0.2, 0) is 61.5 Å². The molecule has 1 saturated carbocycles. The molecule has 0 saturated heterocycles. The van der Waals surface area contributed by atoms with E-state index in [2.05, 4.69) is 88.2 Å². The number of nitriles is 1. The van der Waals surface area contributed by atoms with Gasteiger partial charge in [-0.1, -0.05) is 221 Å². The number of alkyl halides is 3. The second-order valence-corrected chi connectivity index (χ2v) is 36.9. The molecular formula is C78H58Br2ClF5N16O12S5. The summed E-state index contributed by atoms with van der Waals surface area (Å²) in [5.41, 5.74) is 5.05. The molecule has 15 aromatic rings. The predicted molar refractivity (Wildman–Crippen MR) is 432 cm³/mol. The van der Waals surface area contributed by atoms with E-state index in [1.165, 1.54) is 61.2 Å². The van der Waals surface area contributed by atoms with Crippen LogP contribution in [0.4, 0.5) is 22.0 Å². The van der Waals surface area contributed by atoms with Crippen molar-refractivity contribution in [2.75, 3.05) is 0 Å². The van der Waals surface area contributed by atoms with Crippen molar-refractivity contribution in [3.63, 3.8) is 0 Å². The summed E-state index contributed by atoms with van der Waals surface area (Å²) < 4.78 is 197. The van der Waals surface area contributed by atoms with E-state index in [-0.39, 0.29) is 37.7 Å². The molecular weight excluding hydrogens is 1800 g/mol. The van der Waals surface area contributed by atoms with E-state index in [1.54, 1.807) is 103 Å². The standard InChI is InChI=1S/C22H19N3O3S.C15H9BrN4O2S.C15H12BrN3O2S.C15H8F5N3O3S.C11H10ClN3O2S/c1-17-12-14-20(15-13-17)29(27,28)25-16-21(23-24-25)22(26,18-8-4-2-5-9-18)19-10-6-3-7-11-19;16-14-4-2-1-3-13(14)15-10-20(19-18-15)23(21,22)12-7-5-11(9-17)6-8-12;16-14-8-6-13(7-9-14)15-10-19(18-17-15)22(20,21)11-12-4-2-1-3-5-12;16-9-1-6-12(13(17)7-9)14-8-23(22-21-14)27(24,25)11-4-2-10(3-5-11)26-15(18,19)20;12-9-3-1-2-8(6-9)11-7-15(14-13-11)18(16,17)10-4-5-10/h2-16,26H,1H3;1-8,10H;1-10H,11H2;1-8H;1-3,6-7,10H,4-5H2. The van der Waals surface area contributed by atoms with E-state index in [1.807, 2.05) is 85.8 Å². The van der Waals surface area contributed by atoms with Crippen LogP contribution < -0.4 is 4.74 Å². The molecule has 1 aliphatic rings. The molecule has 0 unspecified atom stereocenters. The van der Waals surface area contributed by atoms with Crippen LogP contribution in [0.5, 0.6) is 5.75 Å². The summed E-state index contributed by atoms with van der Waals surface area (Å²) in [7, 11) is -19.0. The summed E-state index contributed by atoms with van der Waals surface area (Å²) in [6.45, 7) is 1.88. The van der Waals surface area contributed by atoms with Gasteiger partial charge in [0, 0.05) is 42.3 Å². The van der Waals surface area contributed by atoms with Gasteiger partial charge in [-0.3, -0.25) is 0 Å². The van der Waals surface area contributed by atoms with Gasteiger partial charge in [-0.15, -0.1) is 59.1 Å². The smallest absolute Gasteiger partial charge is 0.406 e. The number of nitrogens with zero attached hydrogens (tertiary/aromatic N) is 16. The van der Waals surface area contributed by atoms with Crippen molar-refractivity contribution in [1.82, 2.24) is 72.0 Å². The minimum atomic E-state index is -4.92. The number of halogens is 8. The van der Waals surface area contributed by atoms with Gasteiger partial charge in [-0.2, -0.15) is 30.5 Å². The van der Waals surface area contributed by atoms with Gasteiger partial charge in [0.1, 0.15) is 45.9 Å². The zero-order valence-electron chi connectivity index (χ0n) is 61.0. The second kappa shape index (κ2) is 36.3. The Balaban J connectivity index is 0.000000138. The number of hydrogen-bond donors (Lipinski definition) is 1. The molecule has 1 fully saturated rings. The van der Waals surface area contributed by atoms with Gasteiger partial charge in [0.05, 0.1) is 68.3 Å². The Bertz CT molecular complexity index is 6720. The molecule has 5 heterocycles. The molecule has 1 aliphatic carbocycles. The highest BCUT2D eigenvalue weighted by Gasteiger charge is 2.40. The fraction of sp³-hybridized carbons (Fsp3) is 0.0897. The molecule has 0 radical (unpaired) electrons. The van der Waals surface area contributed by atoms with Crippen LogP contribution in [0.2, 0.25) is 5.02 Å². The normalized spacial score (nSPS) is 12.4. The maximum absolute atomic E-state index is 13.8. The molecule has 0 spiro atoms. The third kappa shape index (κ3) is 20.9.